The lowest BCUT2D eigenvalue weighted by atomic mass is 10.1. The summed E-state index contributed by atoms with van der Waals surface area (Å²) in [6.45, 7) is 9.82. The maximum absolute atomic E-state index is 11.8. The first-order valence-electron chi connectivity index (χ1n) is 8.27. The molecule has 7 nitrogen and oxygen atoms in total. The number of alkyl carbamates (subject to hydrolysis) is 1. The highest BCUT2D eigenvalue weighted by Crippen LogP contribution is 2.29. The molecule has 0 aliphatic rings. The molecule has 0 saturated heterocycles. The predicted octanol–water partition coefficient (Wildman–Crippen LogP) is 3.00. The first-order chi connectivity index (χ1) is 11.7. The molecule has 0 aromatic heterocycles. The van der Waals surface area contributed by atoms with E-state index in [1.165, 1.54) is 0 Å². The SMILES string of the molecule is CCOc1ccc(C[C@H](NC(=O)OC(C)(C)C)C(=O)O)cc1OCC. The summed E-state index contributed by atoms with van der Waals surface area (Å²) in [5, 5.41) is 11.7. The van der Waals surface area contributed by atoms with E-state index in [1.54, 1.807) is 39.0 Å². The molecule has 7 heteroatoms. The van der Waals surface area contributed by atoms with Crippen molar-refractivity contribution in [1.82, 2.24) is 5.32 Å². The topological polar surface area (TPSA) is 94.1 Å². The van der Waals surface area contributed by atoms with E-state index in [0.717, 1.165) is 0 Å². The van der Waals surface area contributed by atoms with Crippen molar-refractivity contribution in [2.45, 2.75) is 52.7 Å². The second kappa shape index (κ2) is 9.15. The minimum atomic E-state index is -1.14. The van der Waals surface area contributed by atoms with Crippen molar-refractivity contribution >= 4 is 12.1 Å². The van der Waals surface area contributed by atoms with Crippen LogP contribution in [0.5, 0.6) is 11.5 Å². The van der Waals surface area contributed by atoms with Crippen molar-refractivity contribution in [3.05, 3.63) is 23.8 Å². The number of carboxylic acid groups (broad SMARTS) is 1. The Labute approximate surface area is 148 Å². The number of nitrogens with one attached hydrogen (secondary N) is 1. The van der Waals surface area contributed by atoms with Crippen LogP contribution in [-0.2, 0) is 16.0 Å². The van der Waals surface area contributed by atoms with Gasteiger partial charge in [0.15, 0.2) is 11.5 Å². The molecule has 0 spiro atoms. The van der Waals surface area contributed by atoms with E-state index in [2.05, 4.69) is 5.32 Å². The molecule has 1 amide bonds. The summed E-state index contributed by atoms with van der Waals surface area (Å²) >= 11 is 0. The van der Waals surface area contributed by atoms with E-state index in [4.69, 9.17) is 14.2 Å². The minimum Gasteiger partial charge on any atom is -0.490 e. The van der Waals surface area contributed by atoms with E-state index in [0.29, 0.717) is 30.3 Å². The van der Waals surface area contributed by atoms with Gasteiger partial charge in [-0.3, -0.25) is 0 Å². The summed E-state index contributed by atoms with van der Waals surface area (Å²) in [5.74, 6) is 0.000960. The second-order valence-corrected chi connectivity index (χ2v) is 6.39. The largest absolute Gasteiger partial charge is 0.490 e. The number of hydrogen-bond donors (Lipinski definition) is 2. The minimum absolute atomic E-state index is 0.0983. The van der Waals surface area contributed by atoms with Crippen LogP contribution in [0.15, 0.2) is 18.2 Å². The molecule has 0 aliphatic carbocycles. The monoisotopic (exact) mass is 353 g/mol. The third-order valence-electron chi connectivity index (χ3n) is 3.04. The zero-order valence-corrected chi connectivity index (χ0v) is 15.4. The van der Waals surface area contributed by atoms with Gasteiger partial charge < -0.3 is 24.6 Å². The summed E-state index contributed by atoms with van der Waals surface area (Å²) in [5.41, 5.74) is 0.00405. The van der Waals surface area contributed by atoms with Crippen LogP contribution in [0.25, 0.3) is 0 Å². The fraction of sp³-hybridized carbons (Fsp3) is 0.556. The lowest BCUT2D eigenvalue weighted by Crippen LogP contribution is -2.44. The third-order valence-corrected chi connectivity index (χ3v) is 3.04. The van der Waals surface area contributed by atoms with Gasteiger partial charge >= 0.3 is 12.1 Å². The van der Waals surface area contributed by atoms with Crippen LogP contribution in [0.2, 0.25) is 0 Å². The van der Waals surface area contributed by atoms with Crippen LogP contribution >= 0.6 is 0 Å². The van der Waals surface area contributed by atoms with E-state index < -0.39 is 23.7 Å². The van der Waals surface area contributed by atoms with Gasteiger partial charge in [0.05, 0.1) is 13.2 Å². The van der Waals surface area contributed by atoms with E-state index in [1.807, 2.05) is 13.8 Å². The maximum atomic E-state index is 11.8. The van der Waals surface area contributed by atoms with Gasteiger partial charge in [-0.05, 0) is 52.3 Å². The molecule has 2 N–H and O–H groups in total. The summed E-state index contributed by atoms with van der Waals surface area (Å²) in [6.07, 6.45) is -0.669. The normalized spacial score (nSPS) is 12.2. The number of rotatable bonds is 8. The number of benzene rings is 1. The van der Waals surface area contributed by atoms with Crippen LogP contribution in [0, 0.1) is 0 Å². The van der Waals surface area contributed by atoms with Crippen molar-refractivity contribution in [2.75, 3.05) is 13.2 Å². The van der Waals surface area contributed by atoms with Crippen LogP contribution < -0.4 is 14.8 Å². The quantitative estimate of drug-likeness (QED) is 0.746. The molecular formula is C18H27NO6. The molecule has 1 rings (SSSR count). The summed E-state index contributed by atoms with van der Waals surface area (Å²) in [4.78, 5) is 23.3. The second-order valence-electron chi connectivity index (χ2n) is 6.39. The molecular weight excluding hydrogens is 326 g/mol. The zero-order valence-electron chi connectivity index (χ0n) is 15.4. The fourth-order valence-electron chi connectivity index (χ4n) is 2.11. The summed E-state index contributed by atoms with van der Waals surface area (Å²) < 4.78 is 16.1. The molecule has 0 fully saturated rings. The molecule has 0 unspecified atom stereocenters. The lowest BCUT2D eigenvalue weighted by molar-refractivity contribution is -0.139. The van der Waals surface area contributed by atoms with Gasteiger partial charge in [-0.15, -0.1) is 0 Å². The third kappa shape index (κ3) is 7.32. The van der Waals surface area contributed by atoms with Gasteiger partial charge in [0.1, 0.15) is 11.6 Å². The molecule has 1 atom stereocenters. The number of amides is 1. The molecule has 140 valence electrons. The van der Waals surface area contributed by atoms with Crippen LogP contribution in [-0.4, -0.2) is 42.0 Å². The number of ether oxygens (including phenoxy) is 3. The number of carboxylic acids is 1. The van der Waals surface area contributed by atoms with Gasteiger partial charge in [-0.2, -0.15) is 0 Å². The summed E-state index contributed by atoms with van der Waals surface area (Å²) in [6, 6.07) is 4.10. The number of hydrogen-bond acceptors (Lipinski definition) is 5. The predicted molar refractivity (Wildman–Crippen MR) is 93.3 cm³/mol. The first-order valence-corrected chi connectivity index (χ1v) is 8.27. The Morgan fingerprint density at radius 2 is 1.72 bits per heavy atom. The Balaban J connectivity index is 2.89. The average Bonchev–Trinajstić information content (AvgIpc) is 2.47. The Hall–Kier alpha value is -2.44. The van der Waals surface area contributed by atoms with E-state index in [-0.39, 0.29) is 6.42 Å². The van der Waals surface area contributed by atoms with E-state index in [9.17, 15) is 14.7 Å². The summed E-state index contributed by atoms with van der Waals surface area (Å²) in [7, 11) is 0. The molecule has 0 radical (unpaired) electrons. The van der Waals surface area contributed by atoms with Gasteiger partial charge in [0.2, 0.25) is 0 Å². The lowest BCUT2D eigenvalue weighted by Gasteiger charge is -2.22. The first kappa shape index (κ1) is 20.6. The Bertz CT molecular complexity index is 594. The smallest absolute Gasteiger partial charge is 0.408 e. The molecule has 1 aromatic rings. The van der Waals surface area contributed by atoms with Crippen molar-refractivity contribution in [3.8, 4) is 11.5 Å². The molecule has 0 heterocycles. The van der Waals surface area contributed by atoms with Gasteiger partial charge in [-0.25, -0.2) is 9.59 Å². The van der Waals surface area contributed by atoms with Gasteiger partial charge in [0.25, 0.3) is 0 Å². The van der Waals surface area contributed by atoms with Gasteiger partial charge in [0, 0.05) is 6.42 Å². The highest BCUT2D eigenvalue weighted by molar-refractivity contribution is 5.80. The highest BCUT2D eigenvalue weighted by Gasteiger charge is 2.24. The Morgan fingerprint density at radius 1 is 1.12 bits per heavy atom. The van der Waals surface area contributed by atoms with Crippen molar-refractivity contribution < 1.29 is 28.9 Å². The Kier molecular flexibility index (Phi) is 7.54. The van der Waals surface area contributed by atoms with Crippen LogP contribution in [0.4, 0.5) is 4.79 Å². The van der Waals surface area contributed by atoms with Crippen LogP contribution in [0.1, 0.15) is 40.2 Å². The number of aliphatic carboxylic acids is 1. The molecule has 0 saturated carbocycles. The molecule has 0 bridgehead atoms. The molecule has 1 aromatic carbocycles. The van der Waals surface area contributed by atoms with Crippen molar-refractivity contribution in [2.24, 2.45) is 0 Å². The fourth-order valence-corrected chi connectivity index (χ4v) is 2.11. The Morgan fingerprint density at radius 3 is 2.24 bits per heavy atom. The molecule has 0 aliphatic heterocycles. The highest BCUT2D eigenvalue weighted by atomic mass is 16.6. The van der Waals surface area contributed by atoms with Crippen molar-refractivity contribution in [3.63, 3.8) is 0 Å². The number of carbonyl (C=O) groups excluding carboxylic acids is 1. The standard InChI is InChI=1S/C18H27NO6/c1-6-23-14-9-8-12(11-15(14)24-7-2)10-13(16(20)21)19-17(22)25-18(3,4)5/h8-9,11,13H,6-7,10H2,1-5H3,(H,19,22)(H,20,21)/t13-/m0/s1. The van der Waals surface area contributed by atoms with E-state index >= 15 is 0 Å². The number of carbonyl (C=O) groups is 2. The molecule has 25 heavy (non-hydrogen) atoms. The van der Waals surface area contributed by atoms with Gasteiger partial charge in [-0.1, -0.05) is 6.07 Å². The van der Waals surface area contributed by atoms with Crippen molar-refractivity contribution in [1.29, 1.82) is 0 Å². The van der Waals surface area contributed by atoms with Crippen LogP contribution in [0.3, 0.4) is 0 Å². The average molecular weight is 353 g/mol. The maximum Gasteiger partial charge on any atom is 0.408 e. The zero-order chi connectivity index (χ0) is 19.0.